The van der Waals surface area contributed by atoms with E-state index in [0.717, 1.165) is 17.8 Å². The molecule has 4 nitrogen and oxygen atoms in total. The second-order valence-electron chi connectivity index (χ2n) is 5.56. The first-order valence-electron chi connectivity index (χ1n) is 8.01. The van der Waals surface area contributed by atoms with E-state index in [0.29, 0.717) is 17.3 Å². The molecule has 0 atom stereocenters. The van der Waals surface area contributed by atoms with E-state index in [9.17, 15) is 4.79 Å². The van der Waals surface area contributed by atoms with Crippen molar-refractivity contribution in [2.75, 3.05) is 11.9 Å². The fraction of sp³-hybridized carbons (Fsp3) is 0.100. The third-order valence-electron chi connectivity index (χ3n) is 3.67. The van der Waals surface area contributed by atoms with Crippen molar-refractivity contribution in [2.24, 2.45) is 0 Å². The topological polar surface area (TPSA) is 54.0 Å². The van der Waals surface area contributed by atoms with E-state index in [4.69, 9.17) is 11.6 Å². The number of hydrogen-bond acceptors (Lipinski definition) is 3. The minimum atomic E-state index is -0.172. The van der Waals surface area contributed by atoms with Crippen molar-refractivity contribution in [1.82, 2.24) is 10.3 Å². The van der Waals surface area contributed by atoms with Gasteiger partial charge in [0.15, 0.2) is 0 Å². The van der Waals surface area contributed by atoms with Gasteiger partial charge in [-0.15, -0.1) is 0 Å². The Balaban J connectivity index is 1.52. The maximum absolute atomic E-state index is 12.1. The van der Waals surface area contributed by atoms with Gasteiger partial charge in [0.05, 0.1) is 11.9 Å². The molecule has 2 aromatic carbocycles. The fourth-order valence-electron chi connectivity index (χ4n) is 2.36. The molecule has 0 aliphatic rings. The van der Waals surface area contributed by atoms with Crippen LogP contribution in [0.1, 0.15) is 16.1 Å². The summed E-state index contributed by atoms with van der Waals surface area (Å²) < 4.78 is 0. The van der Waals surface area contributed by atoms with Crippen molar-refractivity contribution in [3.8, 4) is 0 Å². The zero-order valence-electron chi connectivity index (χ0n) is 13.6. The monoisotopic (exact) mass is 351 g/mol. The van der Waals surface area contributed by atoms with Crippen LogP contribution in [0.3, 0.4) is 0 Å². The minimum absolute atomic E-state index is 0.172. The van der Waals surface area contributed by atoms with Gasteiger partial charge < -0.3 is 10.6 Å². The fourth-order valence-corrected chi connectivity index (χ4v) is 2.48. The number of aromatic nitrogens is 1. The van der Waals surface area contributed by atoms with Crippen LogP contribution in [0.5, 0.6) is 0 Å². The number of carbonyl (C=O) groups is 1. The largest absolute Gasteiger partial charge is 0.354 e. The number of nitrogens with zero attached hydrogens (tertiary/aromatic N) is 1. The molecule has 0 unspecified atom stereocenters. The highest BCUT2D eigenvalue weighted by Crippen LogP contribution is 2.18. The first-order valence-corrected chi connectivity index (χ1v) is 8.39. The van der Waals surface area contributed by atoms with Crippen LogP contribution in [-0.4, -0.2) is 17.4 Å². The summed E-state index contributed by atoms with van der Waals surface area (Å²) in [6, 6.07) is 21.0. The normalized spacial score (nSPS) is 10.3. The molecule has 1 aromatic heterocycles. The van der Waals surface area contributed by atoms with Gasteiger partial charge in [-0.25, -0.2) is 4.98 Å². The molecule has 1 amide bonds. The van der Waals surface area contributed by atoms with Crippen molar-refractivity contribution in [1.29, 1.82) is 0 Å². The molecule has 2 N–H and O–H groups in total. The second kappa shape index (κ2) is 8.31. The third kappa shape index (κ3) is 5.06. The Hall–Kier alpha value is -2.85. The van der Waals surface area contributed by atoms with Crippen molar-refractivity contribution >= 4 is 28.9 Å². The molecular formula is C20H18ClN3O. The summed E-state index contributed by atoms with van der Waals surface area (Å²) >= 11 is 5.87. The average molecular weight is 352 g/mol. The van der Waals surface area contributed by atoms with Gasteiger partial charge in [-0.05, 0) is 48.4 Å². The predicted octanol–water partition coefficient (Wildman–Crippen LogP) is 4.45. The van der Waals surface area contributed by atoms with E-state index in [1.807, 2.05) is 60.7 Å². The molecule has 0 aliphatic carbocycles. The van der Waals surface area contributed by atoms with Gasteiger partial charge in [0.1, 0.15) is 5.69 Å². The maximum atomic E-state index is 12.1. The molecule has 0 bridgehead atoms. The molecule has 0 saturated carbocycles. The van der Waals surface area contributed by atoms with Crippen LogP contribution in [0.25, 0.3) is 0 Å². The van der Waals surface area contributed by atoms with E-state index in [1.54, 1.807) is 12.3 Å². The summed E-state index contributed by atoms with van der Waals surface area (Å²) in [5, 5.41) is 6.78. The van der Waals surface area contributed by atoms with Gasteiger partial charge in [-0.1, -0.05) is 41.9 Å². The van der Waals surface area contributed by atoms with E-state index in [1.165, 1.54) is 5.56 Å². The van der Waals surface area contributed by atoms with E-state index in [2.05, 4.69) is 15.6 Å². The maximum Gasteiger partial charge on any atom is 0.269 e. The van der Waals surface area contributed by atoms with Crippen LogP contribution in [0, 0.1) is 0 Å². The summed E-state index contributed by atoms with van der Waals surface area (Å²) in [7, 11) is 0. The number of benzene rings is 2. The molecule has 25 heavy (non-hydrogen) atoms. The zero-order valence-corrected chi connectivity index (χ0v) is 14.3. The first-order chi connectivity index (χ1) is 12.2. The Morgan fingerprint density at radius 3 is 2.32 bits per heavy atom. The highest BCUT2D eigenvalue weighted by Gasteiger charge is 2.06. The summed E-state index contributed by atoms with van der Waals surface area (Å²) in [4.78, 5) is 16.4. The third-order valence-corrected chi connectivity index (χ3v) is 3.92. The molecule has 0 aliphatic heterocycles. The molecule has 3 rings (SSSR count). The first kappa shape index (κ1) is 17.0. The van der Waals surface area contributed by atoms with Crippen molar-refractivity contribution in [3.05, 3.63) is 89.2 Å². The Kier molecular flexibility index (Phi) is 5.65. The second-order valence-corrected chi connectivity index (χ2v) is 5.99. The Morgan fingerprint density at radius 1 is 0.920 bits per heavy atom. The number of carbonyl (C=O) groups excluding carboxylic acids is 1. The highest BCUT2D eigenvalue weighted by atomic mass is 35.5. The van der Waals surface area contributed by atoms with Crippen LogP contribution in [0.2, 0.25) is 5.02 Å². The summed E-state index contributed by atoms with van der Waals surface area (Å²) in [5.74, 6) is -0.172. The van der Waals surface area contributed by atoms with Gasteiger partial charge in [0.2, 0.25) is 0 Å². The van der Waals surface area contributed by atoms with Gasteiger partial charge in [0, 0.05) is 17.3 Å². The molecule has 0 spiro atoms. The smallest absolute Gasteiger partial charge is 0.269 e. The van der Waals surface area contributed by atoms with E-state index >= 15 is 0 Å². The molecule has 126 valence electrons. The lowest BCUT2D eigenvalue weighted by Crippen LogP contribution is -2.26. The Bertz CT molecular complexity index is 818. The Labute approximate surface area is 151 Å². The molecular weight excluding hydrogens is 334 g/mol. The number of halogens is 1. The molecule has 0 saturated heterocycles. The lowest BCUT2D eigenvalue weighted by molar-refractivity contribution is 0.0949. The average Bonchev–Trinajstić information content (AvgIpc) is 2.65. The quantitative estimate of drug-likeness (QED) is 0.689. The van der Waals surface area contributed by atoms with Gasteiger partial charge >= 0.3 is 0 Å². The van der Waals surface area contributed by atoms with E-state index < -0.39 is 0 Å². The number of rotatable bonds is 6. The standard InChI is InChI=1S/C20H18ClN3O/c21-16-6-8-17(9-7-16)24-18-10-11-19(23-14-18)20(25)22-13-12-15-4-2-1-3-5-15/h1-11,14,24H,12-13H2,(H,22,25). The number of hydrogen-bond donors (Lipinski definition) is 2. The zero-order chi connectivity index (χ0) is 17.5. The van der Waals surface area contributed by atoms with Crippen LogP contribution in [-0.2, 0) is 6.42 Å². The molecule has 5 heteroatoms. The Morgan fingerprint density at radius 2 is 1.64 bits per heavy atom. The lowest BCUT2D eigenvalue weighted by Gasteiger charge is -2.08. The summed E-state index contributed by atoms with van der Waals surface area (Å²) in [5.41, 5.74) is 3.31. The SMILES string of the molecule is O=C(NCCc1ccccc1)c1ccc(Nc2ccc(Cl)cc2)cn1. The molecule has 0 radical (unpaired) electrons. The molecule has 0 fully saturated rings. The number of nitrogens with one attached hydrogen (secondary N) is 2. The predicted molar refractivity (Wildman–Crippen MR) is 101 cm³/mol. The van der Waals surface area contributed by atoms with E-state index in [-0.39, 0.29) is 5.91 Å². The number of pyridine rings is 1. The highest BCUT2D eigenvalue weighted by molar-refractivity contribution is 6.30. The molecule has 3 aromatic rings. The molecule has 1 heterocycles. The van der Waals surface area contributed by atoms with Crippen LogP contribution >= 0.6 is 11.6 Å². The number of amides is 1. The summed E-state index contributed by atoms with van der Waals surface area (Å²) in [6.07, 6.45) is 2.43. The van der Waals surface area contributed by atoms with Crippen LogP contribution < -0.4 is 10.6 Å². The van der Waals surface area contributed by atoms with Gasteiger partial charge in [-0.2, -0.15) is 0 Å². The van der Waals surface area contributed by atoms with Crippen molar-refractivity contribution in [2.45, 2.75) is 6.42 Å². The van der Waals surface area contributed by atoms with Crippen LogP contribution in [0.15, 0.2) is 72.9 Å². The van der Waals surface area contributed by atoms with Crippen LogP contribution in [0.4, 0.5) is 11.4 Å². The van der Waals surface area contributed by atoms with Gasteiger partial charge in [-0.3, -0.25) is 4.79 Å². The lowest BCUT2D eigenvalue weighted by atomic mass is 10.1. The van der Waals surface area contributed by atoms with Gasteiger partial charge in [0.25, 0.3) is 5.91 Å². The van der Waals surface area contributed by atoms with Crippen molar-refractivity contribution < 1.29 is 4.79 Å². The van der Waals surface area contributed by atoms with Crippen molar-refractivity contribution in [3.63, 3.8) is 0 Å². The summed E-state index contributed by atoms with van der Waals surface area (Å²) in [6.45, 7) is 0.579. The minimum Gasteiger partial charge on any atom is -0.354 e. The number of anilines is 2.